The first-order chi connectivity index (χ1) is 10.1. The minimum atomic E-state index is 0.620. The molecule has 2 aromatic rings. The Morgan fingerprint density at radius 3 is 2.52 bits per heavy atom. The second-order valence-corrected chi connectivity index (χ2v) is 5.97. The molecule has 0 saturated carbocycles. The maximum Gasteiger partial charge on any atom is 0.231 e. The van der Waals surface area contributed by atoms with Crippen molar-refractivity contribution in [2.24, 2.45) is 0 Å². The van der Waals surface area contributed by atoms with Gasteiger partial charge in [0.1, 0.15) is 0 Å². The molecule has 6 nitrogen and oxygen atoms in total. The quantitative estimate of drug-likeness (QED) is 0.845. The monoisotopic (exact) mass is 306 g/mol. The molecule has 1 N–H and O–H groups in total. The Balaban J connectivity index is 2.12. The van der Waals surface area contributed by atoms with Crippen LogP contribution in [0.2, 0.25) is 0 Å². The summed E-state index contributed by atoms with van der Waals surface area (Å²) in [5.74, 6) is 1.98. The largest absolute Gasteiger partial charge is 0.354 e. The van der Waals surface area contributed by atoms with Crippen LogP contribution in [0.15, 0.2) is 17.5 Å². The first-order valence-electron chi connectivity index (χ1n) is 7.01. The fourth-order valence-electron chi connectivity index (χ4n) is 1.79. The van der Waals surface area contributed by atoms with E-state index in [9.17, 15) is 0 Å². The second-order valence-electron chi connectivity index (χ2n) is 4.93. The Bertz CT molecular complexity index is 555. The average molecular weight is 306 g/mol. The van der Waals surface area contributed by atoms with Crippen molar-refractivity contribution in [2.75, 3.05) is 49.3 Å². The van der Waals surface area contributed by atoms with Crippen molar-refractivity contribution in [1.29, 1.82) is 0 Å². The van der Waals surface area contributed by atoms with Crippen molar-refractivity contribution in [3.8, 4) is 0 Å². The first-order valence-corrected chi connectivity index (χ1v) is 7.89. The molecule has 2 heterocycles. The van der Waals surface area contributed by atoms with Gasteiger partial charge in [-0.05, 0) is 24.8 Å². The van der Waals surface area contributed by atoms with Crippen molar-refractivity contribution in [2.45, 2.75) is 13.3 Å². The second kappa shape index (κ2) is 7.21. The van der Waals surface area contributed by atoms with E-state index in [4.69, 9.17) is 0 Å². The number of hydrogen-bond acceptors (Lipinski definition) is 7. The number of thiophene rings is 1. The van der Waals surface area contributed by atoms with E-state index in [1.165, 1.54) is 4.88 Å². The number of likely N-dealkylation sites (N-methyl/N-ethyl adjacent to an activating group) is 1. The number of aromatic nitrogens is 3. The highest BCUT2D eigenvalue weighted by molar-refractivity contribution is 7.09. The molecule has 2 rings (SSSR count). The predicted molar refractivity (Wildman–Crippen MR) is 89.6 cm³/mol. The van der Waals surface area contributed by atoms with Gasteiger partial charge < -0.3 is 15.1 Å². The summed E-state index contributed by atoms with van der Waals surface area (Å²) in [6, 6.07) is 4.23. The molecule has 21 heavy (non-hydrogen) atoms. The Morgan fingerprint density at radius 1 is 1.14 bits per heavy atom. The topological polar surface area (TPSA) is 57.2 Å². The van der Waals surface area contributed by atoms with Crippen LogP contribution in [0.5, 0.6) is 0 Å². The van der Waals surface area contributed by atoms with Gasteiger partial charge in [0.2, 0.25) is 17.8 Å². The Kier molecular flexibility index (Phi) is 5.32. The van der Waals surface area contributed by atoms with Crippen molar-refractivity contribution < 1.29 is 0 Å². The molecule has 0 bridgehead atoms. The van der Waals surface area contributed by atoms with E-state index in [1.807, 2.05) is 33.0 Å². The normalized spacial score (nSPS) is 10.5. The van der Waals surface area contributed by atoms with Gasteiger partial charge in [0, 0.05) is 39.1 Å². The molecule has 0 aliphatic carbocycles. The molecule has 0 aliphatic rings. The smallest absolute Gasteiger partial charge is 0.231 e. The lowest BCUT2D eigenvalue weighted by molar-refractivity contribution is 0.827. The Morgan fingerprint density at radius 2 is 1.90 bits per heavy atom. The van der Waals surface area contributed by atoms with Crippen molar-refractivity contribution >= 4 is 29.2 Å². The van der Waals surface area contributed by atoms with Crippen LogP contribution in [-0.2, 0) is 6.42 Å². The third-order valence-electron chi connectivity index (χ3n) is 2.96. The highest BCUT2D eigenvalue weighted by atomic mass is 32.1. The van der Waals surface area contributed by atoms with Crippen molar-refractivity contribution in [1.82, 2.24) is 15.0 Å². The zero-order chi connectivity index (χ0) is 15.2. The van der Waals surface area contributed by atoms with Crippen LogP contribution in [0.3, 0.4) is 0 Å². The van der Waals surface area contributed by atoms with Gasteiger partial charge in [0.25, 0.3) is 0 Å². The lowest BCUT2D eigenvalue weighted by Crippen LogP contribution is -2.25. The van der Waals surface area contributed by atoms with Crippen LogP contribution in [0.25, 0.3) is 0 Å². The molecule has 7 heteroatoms. The number of nitrogens with zero attached hydrogens (tertiary/aromatic N) is 5. The molecule has 0 amide bonds. The molecule has 0 atom stereocenters. The summed E-state index contributed by atoms with van der Waals surface area (Å²) < 4.78 is 0. The average Bonchev–Trinajstić information content (AvgIpc) is 2.98. The summed E-state index contributed by atoms with van der Waals surface area (Å²) in [6.45, 7) is 3.69. The molecule has 2 aromatic heterocycles. The van der Waals surface area contributed by atoms with Gasteiger partial charge in [-0.2, -0.15) is 15.0 Å². The SMILES string of the molecule is CCNc1nc(N(C)C)nc(N(C)CCc2cccs2)n1. The summed E-state index contributed by atoms with van der Waals surface area (Å²) in [6.07, 6.45) is 0.994. The molecular formula is C14H22N6S. The molecule has 0 fully saturated rings. The van der Waals surface area contributed by atoms with Crippen molar-refractivity contribution in [3.63, 3.8) is 0 Å². The van der Waals surface area contributed by atoms with Gasteiger partial charge in [-0.15, -0.1) is 11.3 Å². The van der Waals surface area contributed by atoms with E-state index >= 15 is 0 Å². The lowest BCUT2D eigenvalue weighted by Gasteiger charge is -2.19. The van der Waals surface area contributed by atoms with Crippen molar-refractivity contribution in [3.05, 3.63) is 22.4 Å². The highest BCUT2D eigenvalue weighted by Gasteiger charge is 2.11. The van der Waals surface area contributed by atoms with E-state index in [-0.39, 0.29) is 0 Å². The molecular weight excluding hydrogens is 284 g/mol. The zero-order valence-electron chi connectivity index (χ0n) is 13.0. The number of rotatable bonds is 7. The van der Waals surface area contributed by atoms with Crippen LogP contribution in [-0.4, -0.2) is 49.2 Å². The van der Waals surface area contributed by atoms with E-state index in [0.29, 0.717) is 17.8 Å². The highest BCUT2D eigenvalue weighted by Crippen LogP contribution is 2.15. The summed E-state index contributed by atoms with van der Waals surface area (Å²) in [7, 11) is 5.87. The molecule has 0 aromatic carbocycles. The maximum absolute atomic E-state index is 4.51. The van der Waals surface area contributed by atoms with Crippen LogP contribution in [0.4, 0.5) is 17.8 Å². The van der Waals surface area contributed by atoms with E-state index < -0.39 is 0 Å². The predicted octanol–water partition coefficient (Wildman–Crippen LogP) is 2.11. The summed E-state index contributed by atoms with van der Waals surface area (Å²) >= 11 is 1.78. The lowest BCUT2D eigenvalue weighted by atomic mass is 10.3. The van der Waals surface area contributed by atoms with Crippen LogP contribution < -0.4 is 15.1 Å². The number of hydrogen-bond donors (Lipinski definition) is 1. The third-order valence-corrected chi connectivity index (χ3v) is 3.90. The van der Waals surface area contributed by atoms with Gasteiger partial charge in [-0.3, -0.25) is 0 Å². The first kappa shape index (κ1) is 15.5. The van der Waals surface area contributed by atoms with Gasteiger partial charge in [-0.25, -0.2) is 0 Å². The number of anilines is 3. The standard InChI is InChI=1S/C14H22N6S/c1-5-15-12-16-13(19(2)3)18-14(17-12)20(4)9-8-11-7-6-10-21-11/h6-7,10H,5,8-9H2,1-4H3,(H,15,16,17,18). The molecule has 0 unspecified atom stereocenters. The third kappa shape index (κ3) is 4.29. The minimum Gasteiger partial charge on any atom is -0.354 e. The molecule has 0 saturated heterocycles. The van der Waals surface area contributed by atoms with Gasteiger partial charge >= 0.3 is 0 Å². The molecule has 0 radical (unpaired) electrons. The van der Waals surface area contributed by atoms with E-state index in [1.54, 1.807) is 11.3 Å². The van der Waals surface area contributed by atoms with Gasteiger partial charge in [0.15, 0.2) is 0 Å². The molecule has 0 aliphatic heterocycles. The van der Waals surface area contributed by atoms with Crippen LogP contribution in [0, 0.1) is 0 Å². The summed E-state index contributed by atoms with van der Waals surface area (Å²) in [4.78, 5) is 18.7. The van der Waals surface area contributed by atoms with Gasteiger partial charge in [-0.1, -0.05) is 6.07 Å². The Labute approximate surface area is 129 Å². The fourth-order valence-corrected chi connectivity index (χ4v) is 2.49. The molecule has 0 spiro atoms. The minimum absolute atomic E-state index is 0.620. The maximum atomic E-state index is 4.51. The van der Waals surface area contributed by atoms with E-state index in [0.717, 1.165) is 19.5 Å². The van der Waals surface area contributed by atoms with E-state index in [2.05, 4.69) is 42.7 Å². The summed E-state index contributed by atoms with van der Waals surface area (Å²) in [5, 5.41) is 5.26. The summed E-state index contributed by atoms with van der Waals surface area (Å²) in [5.41, 5.74) is 0. The fraction of sp³-hybridized carbons (Fsp3) is 0.500. The van der Waals surface area contributed by atoms with Crippen LogP contribution in [0.1, 0.15) is 11.8 Å². The Hall–Kier alpha value is -1.89. The van der Waals surface area contributed by atoms with Gasteiger partial charge in [0.05, 0.1) is 0 Å². The number of nitrogens with one attached hydrogen (secondary N) is 1. The molecule has 114 valence electrons. The van der Waals surface area contributed by atoms with Crippen LogP contribution >= 0.6 is 11.3 Å². The zero-order valence-corrected chi connectivity index (χ0v) is 13.8.